The topological polar surface area (TPSA) is 94.3 Å². The molecule has 1 amide bonds. The Bertz CT molecular complexity index is 1220. The first-order chi connectivity index (χ1) is 15.8. The van der Waals surface area contributed by atoms with E-state index in [0.717, 1.165) is 35.7 Å². The predicted octanol–water partition coefficient (Wildman–Crippen LogP) is 4.01. The highest BCUT2D eigenvalue weighted by Gasteiger charge is 2.27. The maximum Gasteiger partial charge on any atom is 0.243 e. The third-order valence-corrected chi connectivity index (χ3v) is 8.25. The lowest BCUT2D eigenvalue weighted by molar-refractivity contribution is -0.115. The number of sulfonamides is 1. The van der Waals surface area contributed by atoms with Crippen LogP contribution in [0.5, 0.6) is 0 Å². The minimum atomic E-state index is -3.49. The van der Waals surface area contributed by atoms with Crippen LogP contribution in [0.4, 0.5) is 5.69 Å². The maximum atomic E-state index is 12.8. The predicted molar refractivity (Wildman–Crippen MR) is 132 cm³/mol. The first-order valence-electron chi connectivity index (χ1n) is 11.2. The molecule has 2 heterocycles. The second-order valence-corrected chi connectivity index (χ2v) is 11.0. The number of carbonyl (C=O) groups excluding carboxylic acids is 1. The van der Waals surface area contributed by atoms with Crippen LogP contribution in [0.15, 0.2) is 53.6 Å². The molecule has 1 aliphatic heterocycles. The molecule has 0 saturated carbocycles. The van der Waals surface area contributed by atoms with E-state index in [1.165, 1.54) is 0 Å². The largest absolute Gasteiger partial charge is 0.361 e. The van der Waals surface area contributed by atoms with Gasteiger partial charge in [0.05, 0.1) is 11.4 Å². The van der Waals surface area contributed by atoms with E-state index in [1.807, 2.05) is 24.4 Å². The van der Waals surface area contributed by atoms with Gasteiger partial charge in [-0.2, -0.15) is 4.31 Å². The van der Waals surface area contributed by atoms with Crippen LogP contribution in [0.25, 0.3) is 10.9 Å². The number of amides is 1. The number of piperidine rings is 1. The van der Waals surface area contributed by atoms with Crippen LogP contribution in [-0.2, 0) is 21.2 Å². The number of H-pyrrole nitrogens is 1. The van der Waals surface area contributed by atoms with E-state index >= 15 is 0 Å². The first-order valence-corrected chi connectivity index (χ1v) is 13.0. The zero-order valence-corrected chi connectivity index (χ0v) is 20.2. The van der Waals surface area contributed by atoms with Crippen LogP contribution >= 0.6 is 11.6 Å². The molecular weight excluding hydrogens is 460 g/mol. The summed E-state index contributed by atoms with van der Waals surface area (Å²) >= 11 is 6.09. The Balaban J connectivity index is 1.25. The summed E-state index contributed by atoms with van der Waals surface area (Å²) in [7, 11) is -3.49. The molecule has 3 N–H and O–H groups in total. The Morgan fingerprint density at radius 3 is 2.61 bits per heavy atom. The van der Waals surface area contributed by atoms with E-state index in [2.05, 4.69) is 22.5 Å². The molecule has 3 aromatic rings. The molecule has 1 fully saturated rings. The van der Waals surface area contributed by atoms with E-state index in [4.69, 9.17) is 11.6 Å². The Morgan fingerprint density at radius 2 is 1.88 bits per heavy atom. The molecule has 0 bridgehead atoms. The summed E-state index contributed by atoms with van der Waals surface area (Å²) in [5.74, 6) is 0.376. The van der Waals surface area contributed by atoms with Gasteiger partial charge in [0.25, 0.3) is 0 Å². The summed E-state index contributed by atoms with van der Waals surface area (Å²) in [6, 6.07) is 12.1. The lowest BCUT2D eigenvalue weighted by atomic mass is 10.0. The second kappa shape index (κ2) is 10.3. The summed E-state index contributed by atoms with van der Waals surface area (Å²) in [6.07, 6.45) is 4.49. The number of fused-ring (bicyclic) bond motifs is 1. The monoisotopic (exact) mass is 488 g/mol. The van der Waals surface area contributed by atoms with Crippen LogP contribution in [0, 0.1) is 5.92 Å². The van der Waals surface area contributed by atoms with Crippen molar-refractivity contribution in [2.75, 3.05) is 31.5 Å². The smallest absolute Gasteiger partial charge is 0.243 e. The van der Waals surface area contributed by atoms with Crippen molar-refractivity contribution in [2.45, 2.75) is 31.1 Å². The Hall–Kier alpha value is -2.39. The number of nitrogens with zero attached hydrogens (tertiary/aromatic N) is 1. The molecule has 1 saturated heterocycles. The molecular formula is C24H29ClN4O3S. The normalized spacial score (nSPS) is 15.7. The van der Waals surface area contributed by atoms with E-state index in [-0.39, 0.29) is 17.3 Å². The number of benzene rings is 2. The van der Waals surface area contributed by atoms with Crippen molar-refractivity contribution in [3.8, 4) is 0 Å². The maximum absolute atomic E-state index is 12.8. The van der Waals surface area contributed by atoms with E-state index in [0.29, 0.717) is 36.3 Å². The molecule has 9 heteroatoms. The number of anilines is 1. The average molecular weight is 489 g/mol. The molecule has 33 heavy (non-hydrogen) atoms. The zero-order chi connectivity index (χ0) is 23.4. The first kappa shape index (κ1) is 23.8. The molecule has 0 radical (unpaired) electrons. The Kier molecular flexibility index (Phi) is 7.38. The summed E-state index contributed by atoms with van der Waals surface area (Å²) in [4.78, 5) is 15.7. The summed E-state index contributed by atoms with van der Waals surface area (Å²) in [5.41, 5.74) is 2.74. The van der Waals surface area contributed by atoms with Gasteiger partial charge in [-0.05, 0) is 79.8 Å². The summed E-state index contributed by atoms with van der Waals surface area (Å²) < 4.78 is 27.2. The number of halogens is 1. The number of carbonyl (C=O) groups is 1. The van der Waals surface area contributed by atoms with Crippen LogP contribution in [0.3, 0.4) is 0 Å². The van der Waals surface area contributed by atoms with Crippen molar-refractivity contribution >= 4 is 44.1 Å². The summed E-state index contributed by atoms with van der Waals surface area (Å²) in [6.45, 7) is 4.06. The number of rotatable bonds is 8. The van der Waals surface area contributed by atoms with Gasteiger partial charge in [0.2, 0.25) is 15.9 Å². The van der Waals surface area contributed by atoms with Crippen molar-refractivity contribution in [2.24, 2.45) is 5.92 Å². The van der Waals surface area contributed by atoms with Crippen molar-refractivity contribution in [3.63, 3.8) is 0 Å². The number of aromatic amines is 1. The van der Waals surface area contributed by atoms with Gasteiger partial charge in [0, 0.05) is 40.9 Å². The standard InChI is InChI=1S/C24H29ClN4O3S/c1-17-9-12-29(13-10-17)33(31,32)21-5-3-20(4-6-21)28-24(30)16-26-11-8-18-15-27-23-7-2-19(25)14-22(18)23/h2-7,14-15,17,26-27H,8-13,16H2,1H3,(H,28,30). The van der Waals surface area contributed by atoms with Crippen molar-refractivity contribution in [1.29, 1.82) is 0 Å². The highest BCUT2D eigenvalue weighted by molar-refractivity contribution is 7.89. The molecule has 7 nitrogen and oxygen atoms in total. The van der Waals surface area contributed by atoms with Gasteiger partial charge in [-0.1, -0.05) is 18.5 Å². The highest BCUT2D eigenvalue weighted by Crippen LogP contribution is 2.25. The lowest BCUT2D eigenvalue weighted by Gasteiger charge is -2.29. The van der Waals surface area contributed by atoms with Gasteiger partial charge >= 0.3 is 0 Å². The number of aromatic nitrogens is 1. The Labute approximate surface area is 199 Å². The second-order valence-electron chi connectivity index (χ2n) is 8.59. The van der Waals surface area contributed by atoms with Crippen molar-refractivity contribution in [1.82, 2.24) is 14.6 Å². The van der Waals surface area contributed by atoms with E-state index < -0.39 is 10.0 Å². The fraction of sp³-hybridized carbons (Fsp3) is 0.375. The molecule has 2 aromatic carbocycles. The minimum Gasteiger partial charge on any atom is -0.361 e. The van der Waals surface area contributed by atoms with Crippen LogP contribution in [0.1, 0.15) is 25.3 Å². The molecule has 4 rings (SSSR count). The third kappa shape index (κ3) is 5.76. The fourth-order valence-electron chi connectivity index (χ4n) is 4.07. The SMILES string of the molecule is CC1CCN(S(=O)(=O)c2ccc(NC(=O)CNCCc3c[nH]c4ccc(Cl)cc34)cc2)CC1. The molecule has 176 valence electrons. The number of hydrogen-bond acceptors (Lipinski definition) is 4. The van der Waals surface area contributed by atoms with Crippen molar-refractivity contribution < 1.29 is 13.2 Å². The van der Waals surface area contributed by atoms with Gasteiger partial charge in [0.15, 0.2) is 0 Å². The van der Waals surface area contributed by atoms with Gasteiger partial charge in [-0.25, -0.2) is 8.42 Å². The van der Waals surface area contributed by atoms with Crippen LogP contribution in [-0.4, -0.2) is 49.8 Å². The molecule has 0 atom stereocenters. The van der Waals surface area contributed by atoms with Gasteiger partial charge in [0.1, 0.15) is 0 Å². The van der Waals surface area contributed by atoms with Gasteiger partial charge in [-0.15, -0.1) is 0 Å². The van der Waals surface area contributed by atoms with Crippen LogP contribution in [0.2, 0.25) is 5.02 Å². The lowest BCUT2D eigenvalue weighted by Crippen LogP contribution is -2.37. The molecule has 1 aliphatic rings. The molecule has 0 spiro atoms. The summed E-state index contributed by atoms with van der Waals surface area (Å²) in [5, 5.41) is 7.73. The van der Waals surface area contributed by atoms with Crippen LogP contribution < -0.4 is 10.6 Å². The zero-order valence-electron chi connectivity index (χ0n) is 18.6. The third-order valence-electron chi connectivity index (χ3n) is 6.10. The molecule has 0 unspecified atom stereocenters. The average Bonchev–Trinajstić information content (AvgIpc) is 3.19. The van der Waals surface area contributed by atoms with Gasteiger partial charge < -0.3 is 15.6 Å². The quantitative estimate of drug-likeness (QED) is 0.417. The number of nitrogens with one attached hydrogen (secondary N) is 3. The highest BCUT2D eigenvalue weighted by atomic mass is 35.5. The molecule has 0 aliphatic carbocycles. The van der Waals surface area contributed by atoms with Crippen molar-refractivity contribution in [3.05, 3.63) is 59.2 Å². The Morgan fingerprint density at radius 1 is 1.15 bits per heavy atom. The minimum absolute atomic E-state index is 0.162. The number of hydrogen-bond donors (Lipinski definition) is 3. The molecule has 1 aromatic heterocycles. The fourth-order valence-corrected chi connectivity index (χ4v) is 5.71. The van der Waals surface area contributed by atoms with E-state index in [9.17, 15) is 13.2 Å². The van der Waals surface area contributed by atoms with Gasteiger partial charge in [-0.3, -0.25) is 4.79 Å². The van der Waals surface area contributed by atoms with E-state index in [1.54, 1.807) is 28.6 Å².